The second kappa shape index (κ2) is 5.94. The average molecular weight is 277 g/mol. The molecule has 0 radical (unpaired) electrons. The van der Waals surface area contributed by atoms with Crippen LogP contribution in [0.2, 0.25) is 0 Å². The Hall–Kier alpha value is -2.04. The highest BCUT2D eigenvalue weighted by molar-refractivity contribution is 5.80. The molecule has 1 aliphatic rings. The van der Waals surface area contributed by atoms with Gasteiger partial charge < -0.3 is 14.7 Å². The van der Waals surface area contributed by atoms with E-state index in [-0.39, 0.29) is 25.0 Å². The smallest absolute Gasteiger partial charge is 0.308 e. The number of carboxylic acid groups (broad SMARTS) is 1. The lowest BCUT2D eigenvalue weighted by Gasteiger charge is -2.16. The Morgan fingerprint density at radius 2 is 2.05 bits per heavy atom. The summed E-state index contributed by atoms with van der Waals surface area (Å²) in [6, 6.07) is 7.49. The molecule has 1 aliphatic heterocycles. The van der Waals surface area contributed by atoms with Crippen molar-refractivity contribution in [1.29, 1.82) is 0 Å². The van der Waals surface area contributed by atoms with Gasteiger partial charge in [0.1, 0.15) is 5.75 Å². The number of rotatable bonds is 4. The van der Waals surface area contributed by atoms with Crippen molar-refractivity contribution in [2.45, 2.75) is 13.8 Å². The molecule has 1 aromatic carbocycles. The molecule has 0 unspecified atom stereocenters. The predicted octanol–water partition coefficient (Wildman–Crippen LogP) is 1.55. The highest BCUT2D eigenvalue weighted by Crippen LogP contribution is 2.23. The van der Waals surface area contributed by atoms with Gasteiger partial charge in [0.15, 0.2) is 6.61 Å². The molecule has 5 nitrogen and oxygen atoms in total. The summed E-state index contributed by atoms with van der Waals surface area (Å²) in [5.41, 5.74) is 0.971. The van der Waals surface area contributed by atoms with Gasteiger partial charge in [0.2, 0.25) is 0 Å². The fourth-order valence-electron chi connectivity index (χ4n) is 2.44. The number of aliphatic carboxylic acids is 1. The van der Waals surface area contributed by atoms with Crippen LogP contribution in [0.3, 0.4) is 0 Å². The fraction of sp³-hybridized carbons (Fsp3) is 0.467. The third kappa shape index (κ3) is 3.10. The van der Waals surface area contributed by atoms with Crippen LogP contribution < -0.4 is 4.74 Å². The molecule has 0 aromatic heterocycles. The number of aryl methyl sites for hydroxylation is 1. The van der Waals surface area contributed by atoms with E-state index in [1.54, 1.807) is 4.90 Å². The van der Waals surface area contributed by atoms with Crippen LogP contribution >= 0.6 is 0 Å². The molecule has 1 N–H and O–H groups in total. The van der Waals surface area contributed by atoms with Crippen LogP contribution in [0, 0.1) is 18.8 Å². The summed E-state index contributed by atoms with van der Waals surface area (Å²) in [6.45, 7) is 4.47. The maximum absolute atomic E-state index is 12.1. The molecule has 1 aromatic rings. The van der Waals surface area contributed by atoms with Crippen LogP contribution in [0.15, 0.2) is 24.3 Å². The van der Waals surface area contributed by atoms with Gasteiger partial charge in [0.25, 0.3) is 5.91 Å². The first-order valence-electron chi connectivity index (χ1n) is 6.68. The number of carbonyl (C=O) groups excluding carboxylic acids is 1. The number of hydrogen-bond acceptors (Lipinski definition) is 3. The van der Waals surface area contributed by atoms with E-state index in [2.05, 4.69) is 0 Å². The van der Waals surface area contributed by atoms with Crippen LogP contribution in [0.5, 0.6) is 5.75 Å². The maximum Gasteiger partial charge on any atom is 0.308 e. The number of ether oxygens (including phenoxy) is 1. The highest BCUT2D eigenvalue weighted by atomic mass is 16.5. The summed E-state index contributed by atoms with van der Waals surface area (Å²) >= 11 is 0. The first kappa shape index (κ1) is 14.4. The van der Waals surface area contributed by atoms with Gasteiger partial charge in [-0.05, 0) is 24.5 Å². The Kier molecular flexibility index (Phi) is 4.27. The summed E-state index contributed by atoms with van der Waals surface area (Å²) in [4.78, 5) is 24.7. The quantitative estimate of drug-likeness (QED) is 0.906. The van der Waals surface area contributed by atoms with E-state index in [0.717, 1.165) is 5.56 Å². The number of amides is 1. The lowest BCUT2D eigenvalue weighted by Crippen LogP contribution is -2.33. The van der Waals surface area contributed by atoms with Crippen molar-refractivity contribution >= 4 is 11.9 Å². The van der Waals surface area contributed by atoms with Crippen LogP contribution in [0.4, 0.5) is 0 Å². The molecule has 108 valence electrons. The largest absolute Gasteiger partial charge is 0.484 e. The second-order valence-electron chi connectivity index (χ2n) is 5.27. The SMILES string of the molecule is Cc1ccccc1OCC(=O)N1C[C@@H](C)[C@H](C(=O)O)C1. The summed E-state index contributed by atoms with van der Waals surface area (Å²) in [7, 11) is 0. The zero-order valence-corrected chi connectivity index (χ0v) is 11.7. The molecule has 5 heteroatoms. The Bertz CT molecular complexity index is 514. The van der Waals surface area contributed by atoms with Gasteiger partial charge in [-0.3, -0.25) is 9.59 Å². The van der Waals surface area contributed by atoms with Crippen molar-refractivity contribution in [3.8, 4) is 5.75 Å². The Balaban J connectivity index is 1.90. The van der Waals surface area contributed by atoms with Crippen LogP contribution in [0.1, 0.15) is 12.5 Å². The van der Waals surface area contributed by atoms with Gasteiger partial charge in [-0.15, -0.1) is 0 Å². The van der Waals surface area contributed by atoms with Crippen molar-refractivity contribution in [1.82, 2.24) is 4.90 Å². The minimum Gasteiger partial charge on any atom is -0.484 e. The third-order valence-electron chi connectivity index (χ3n) is 3.73. The lowest BCUT2D eigenvalue weighted by molar-refractivity contribution is -0.142. The molecule has 1 amide bonds. The first-order valence-corrected chi connectivity index (χ1v) is 6.68. The summed E-state index contributed by atoms with van der Waals surface area (Å²) < 4.78 is 5.50. The molecule has 1 heterocycles. The third-order valence-corrected chi connectivity index (χ3v) is 3.73. The lowest BCUT2D eigenvalue weighted by atomic mass is 9.99. The maximum atomic E-state index is 12.1. The number of hydrogen-bond donors (Lipinski definition) is 1. The number of carbonyl (C=O) groups is 2. The predicted molar refractivity (Wildman–Crippen MR) is 73.5 cm³/mol. The van der Waals surface area contributed by atoms with Crippen molar-refractivity contribution in [3.63, 3.8) is 0 Å². The van der Waals surface area contributed by atoms with Crippen molar-refractivity contribution < 1.29 is 19.4 Å². The topological polar surface area (TPSA) is 66.8 Å². The van der Waals surface area contributed by atoms with Crippen molar-refractivity contribution in [2.75, 3.05) is 19.7 Å². The standard InChI is InChI=1S/C15H19NO4/c1-10-5-3-4-6-13(10)20-9-14(17)16-7-11(2)12(8-16)15(18)19/h3-6,11-12H,7-9H2,1-2H3,(H,18,19)/t11-,12-/m1/s1. The minimum atomic E-state index is -0.840. The van der Waals surface area contributed by atoms with Gasteiger partial charge in [0.05, 0.1) is 5.92 Å². The molecular weight excluding hydrogens is 258 g/mol. The Labute approximate surface area is 118 Å². The van der Waals surface area contributed by atoms with Crippen molar-refractivity contribution in [3.05, 3.63) is 29.8 Å². The molecule has 0 bridgehead atoms. The van der Waals surface area contributed by atoms with Crippen LogP contribution in [-0.2, 0) is 9.59 Å². The van der Waals surface area contributed by atoms with Crippen molar-refractivity contribution in [2.24, 2.45) is 11.8 Å². The zero-order valence-electron chi connectivity index (χ0n) is 11.7. The average Bonchev–Trinajstić information content (AvgIpc) is 2.80. The molecule has 2 rings (SSSR count). The molecule has 2 atom stereocenters. The summed E-state index contributed by atoms with van der Waals surface area (Å²) in [5.74, 6) is -0.813. The van der Waals surface area contributed by atoms with E-state index in [0.29, 0.717) is 12.3 Å². The number of benzene rings is 1. The molecule has 1 saturated heterocycles. The normalized spacial score (nSPS) is 21.8. The van der Waals surface area contributed by atoms with Crippen LogP contribution in [-0.4, -0.2) is 41.6 Å². The summed E-state index contributed by atoms with van der Waals surface area (Å²) in [6.07, 6.45) is 0. The van der Waals surface area contributed by atoms with E-state index in [4.69, 9.17) is 9.84 Å². The number of nitrogens with zero attached hydrogens (tertiary/aromatic N) is 1. The number of likely N-dealkylation sites (tertiary alicyclic amines) is 1. The molecular formula is C15H19NO4. The van der Waals surface area contributed by atoms with E-state index < -0.39 is 11.9 Å². The number of carboxylic acids is 1. The van der Waals surface area contributed by atoms with E-state index in [1.807, 2.05) is 38.1 Å². The molecule has 0 aliphatic carbocycles. The van der Waals surface area contributed by atoms with E-state index in [9.17, 15) is 9.59 Å². The molecule has 1 fully saturated rings. The zero-order chi connectivity index (χ0) is 14.7. The fourth-order valence-corrected chi connectivity index (χ4v) is 2.44. The van der Waals surface area contributed by atoms with Gasteiger partial charge >= 0.3 is 5.97 Å². The van der Waals surface area contributed by atoms with Gasteiger partial charge in [-0.25, -0.2) is 0 Å². The Morgan fingerprint density at radius 3 is 2.65 bits per heavy atom. The Morgan fingerprint density at radius 1 is 1.35 bits per heavy atom. The molecule has 0 saturated carbocycles. The van der Waals surface area contributed by atoms with E-state index in [1.165, 1.54) is 0 Å². The minimum absolute atomic E-state index is 0.0186. The van der Waals surface area contributed by atoms with E-state index >= 15 is 0 Å². The van der Waals surface area contributed by atoms with Gasteiger partial charge in [-0.2, -0.15) is 0 Å². The number of para-hydroxylation sites is 1. The monoisotopic (exact) mass is 277 g/mol. The molecule has 20 heavy (non-hydrogen) atoms. The highest BCUT2D eigenvalue weighted by Gasteiger charge is 2.36. The first-order chi connectivity index (χ1) is 9.49. The van der Waals surface area contributed by atoms with Crippen LogP contribution in [0.25, 0.3) is 0 Å². The summed E-state index contributed by atoms with van der Waals surface area (Å²) in [5, 5.41) is 9.06. The van der Waals surface area contributed by atoms with Gasteiger partial charge in [0, 0.05) is 13.1 Å². The molecule has 0 spiro atoms. The van der Waals surface area contributed by atoms with Gasteiger partial charge in [-0.1, -0.05) is 25.1 Å². The second-order valence-corrected chi connectivity index (χ2v) is 5.27.